The largest absolute Gasteiger partial charge is 0.419 e. The standard InChI is InChI=1S/C19H15F4N3O/c20-17-8-7-14(10-16(17)19(21,22)23)25-18(27)9-6-13-11-24-26(12-13)15-4-2-1-3-5-15/h1-5,7-8,10-12H,6,9H2,(H,25,27). The molecule has 0 fully saturated rings. The highest BCUT2D eigenvalue weighted by Crippen LogP contribution is 2.33. The smallest absolute Gasteiger partial charge is 0.326 e. The van der Waals surface area contributed by atoms with E-state index < -0.39 is 23.5 Å². The summed E-state index contributed by atoms with van der Waals surface area (Å²) in [5.74, 6) is -1.85. The van der Waals surface area contributed by atoms with Crippen molar-refractivity contribution >= 4 is 11.6 Å². The molecular weight excluding hydrogens is 362 g/mol. The number of carbonyl (C=O) groups excluding carboxylic acids is 1. The van der Waals surface area contributed by atoms with Gasteiger partial charge in [0.05, 0.1) is 17.4 Å². The van der Waals surface area contributed by atoms with Gasteiger partial charge < -0.3 is 5.32 Å². The van der Waals surface area contributed by atoms with Gasteiger partial charge in [-0.25, -0.2) is 9.07 Å². The molecule has 0 aliphatic carbocycles. The minimum atomic E-state index is -4.82. The van der Waals surface area contributed by atoms with E-state index in [1.807, 2.05) is 30.3 Å². The number of para-hydroxylation sites is 1. The van der Waals surface area contributed by atoms with Gasteiger partial charge in [0.2, 0.25) is 5.91 Å². The van der Waals surface area contributed by atoms with Crippen LogP contribution in [0, 0.1) is 5.82 Å². The highest BCUT2D eigenvalue weighted by molar-refractivity contribution is 5.90. The lowest BCUT2D eigenvalue weighted by Gasteiger charge is -2.11. The summed E-state index contributed by atoms with van der Waals surface area (Å²) in [6.07, 6.45) is -0.996. The summed E-state index contributed by atoms with van der Waals surface area (Å²) in [4.78, 5) is 12.0. The number of rotatable bonds is 5. The Bertz CT molecular complexity index is 936. The summed E-state index contributed by atoms with van der Waals surface area (Å²) in [5.41, 5.74) is 0.168. The molecule has 4 nitrogen and oxygen atoms in total. The highest BCUT2D eigenvalue weighted by atomic mass is 19.4. The number of hydrogen-bond donors (Lipinski definition) is 1. The molecule has 0 radical (unpaired) electrons. The minimum Gasteiger partial charge on any atom is -0.326 e. The van der Waals surface area contributed by atoms with Crippen LogP contribution in [0.25, 0.3) is 5.69 Å². The molecule has 140 valence electrons. The number of aromatic nitrogens is 2. The fourth-order valence-corrected chi connectivity index (χ4v) is 2.51. The van der Waals surface area contributed by atoms with Crippen molar-refractivity contribution in [2.24, 2.45) is 0 Å². The minimum absolute atomic E-state index is 0.0548. The molecule has 8 heteroatoms. The van der Waals surface area contributed by atoms with Crippen LogP contribution < -0.4 is 5.32 Å². The van der Waals surface area contributed by atoms with Gasteiger partial charge in [0.25, 0.3) is 0 Å². The number of nitrogens with zero attached hydrogens (tertiary/aromatic N) is 2. The fourth-order valence-electron chi connectivity index (χ4n) is 2.51. The summed E-state index contributed by atoms with van der Waals surface area (Å²) in [6, 6.07) is 11.8. The molecule has 0 bridgehead atoms. The van der Waals surface area contributed by atoms with Crippen LogP contribution in [0.3, 0.4) is 0 Å². The molecule has 1 N–H and O–H groups in total. The SMILES string of the molecule is O=C(CCc1cnn(-c2ccccc2)c1)Nc1ccc(F)c(C(F)(F)F)c1. The first-order chi connectivity index (χ1) is 12.8. The average molecular weight is 377 g/mol. The summed E-state index contributed by atoms with van der Waals surface area (Å²) < 4.78 is 53.1. The first kappa shape index (κ1) is 18.6. The van der Waals surface area contributed by atoms with Gasteiger partial charge in [-0.15, -0.1) is 0 Å². The van der Waals surface area contributed by atoms with Crippen molar-refractivity contribution in [3.63, 3.8) is 0 Å². The van der Waals surface area contributed by atoms with Crippen molar-refractivity contribution in [2.75, 3.05) is 5.32 Å². The number of amides is 1. The lowest BCUT2D eigenvalue weighted by molar-refractivity contribution is -0.140. The van der Waals surface area contributed by atoms with Gasteiger partial charge in [0, 0.05) is 18.3 Å². The maximum absolute atomic E-state index is 13.3. The van der Waals surface area contributed by atoms with Gasteiger partial charge in [-0.2, -0.15) is 18.3 Å². The topological polar surface area (TPSA) is 46.9 Å². The second-order valence-electron chi connectivity index (χ2n) is 5.87. The zero-order valence-electron chi connectivity index (χ0n) is 14.0. The van der Waals surface area contributed by atoms with Crippen molar-refractivity contribution < 1.29 is 22.4 Å². The van der Waals surface area contributed by atoms with Crippen LogP contribution in [0.15, 0.2) is 60.9 Å². The van der Waals surface area contributed by atoms with Gasteiger partial charge in [0.15, 0.2) is 0 Å². The first-order valence-corrected chi connectivity index (χ1v) is 8.08. The molecule has 3 aromatic rings. The molecule has 0 saturated heterocycles. The van der Waals surface area contributed by atoms with E-state index >= 15 is 0 Å². The molecule has 0 atom stereocenters. The summed E-state index contributed by atoms with van der Waals surface area (Å²) in [7, 11) is 0. The van der Waals surface area contributed by atoms with Gasteiger partial charge in [0.1, 0.15) is 5.82 Å². The van der Waals surface area contributed by atoms with Crippen molar-refractivity contribution in [1.82, 2.24) is 9.78 Å². The Morgan fingerprint density at radius 1 is 1.11 bits per heavy atom. The Morgan fingerprint density at radius 3 is 2.56 bits per heavy atom. The summed E-state index contributed by atoms with van der Waals surface area (Å²) >= 11 is 0. The van der Waals surface area contributed by atoms with Crippen LogP contribution in [-0.2, 0) is 17.4 Å². The molecule has 1 heterocycles. The molecule has 0 aliphatic rings. The number of benzene rings is 2. The van der Waals surface area contributed by atoms with Gasteiger partial charge in [-0.05, 0) is 42.3 Å². The number of aryl methyl sites for hydroxylation is 1. The molecule has 0 saturated carbocycles. The van der Waals surface area contributed by atoms with Crippen LogP contribution >= 0.6 is 0 Å². The van der Waals surface area contributed by atoms with E-state index in [0.29, 0.717) is 18.6 Å². The molecule has 0 unspecified atom stereocenters. The van der Waals surface area contributed by atoms with E-state index in [2.05, 4.69) is 10.4 Å². The highest BCUT2D eigenvalue weighted by Gasteiger charge is 2.34. The van der Waals surface area contributed by atoms with E-state index in [1.54, 1.807) is 17.1 Å². The predicted molar refractivity (Wildman–Crippen MR) is 91.9 cm³/mol. The predicted octanol–water partition coefficient (Wildman–Crippen LogP) is 4.60. The number of alkyl halides is 3. The summed E-state index contributed by atoms with van der Waals surface area (Å²) in [5, 5.41) is 6.57. The van der Waals surface area contributed by atoms with E-state index in [4.69, 9.17) is 0 Å². The number of nitrogens with one attached hydrogen (secondary N) is 1. The van der Waals surface area contributed by atoms with Crippen LogP contribution in [-0.4, -0.2) is 15.7 Å². The van der Waals surface area contributed by atoms with E-state index in [1.165, 1.54) is 0 Å². The van der Waals surface area contributed by atoms with Crippen LogP contribution in [0.1, 0.15) is 17.5 Å². The third kappa shape index (κ3) is 4.72. The monoisotopic (exact) mass is 377 g/mol. The average Bonchev–Trinajstić information content (AvgIpc) is 3.10. The Kier molecular flexibility index (Phi) is 5.25. The zero-order valence-corrected chi connectivity index (χ0v) is 14.0. The number of carbonyl (C=O) groups is 1. The van der Waals surface area contributed by atoms with E-state index in [9.17, 15) is 22.4 Å². The van der Waals surface area contributed by atoms with Gasteiger partial charge >= 0.3 is 6.18 Å². The zero-order chi connectivity index (χ0) is 19.4. The molecular formula is C19H15F4N3O. The third-order valence-corrected chi connectivity index (χ3v) is 3.85. The Balaban J connectivity index is 1.60. The molecule has 2 aromatic carbocycles. The van der Waals surface area contributed by atoms with Gasteiger partial charge in [-0.1, -0.05) is 18.2 Å². The van der Waals surface area contributed by atoms with Crippen LogP contribution in [0.4, 0.5) is 23.2 Å². The first-order valence-electron chi connectivity index (χ1n) is 8.08. The molecule has 0 aliphatic heterocycles. The maximum atomic E-state index is 13.3. The normalized spacial score (nSPS) is 11.4. The second kappa shape index (κ2) is 7.61. The van der Waals surface area contributed by atoms with E-state index in [-0.39, 0.29) is 12.1 Å². The third-order valence-electron chi connectivity index (χ3n) is 3.85. The van der Waals surface area contributed by atoms with Crippen LogP contribution in [0.5, 0.6) is 0 Å². The number of anilines is 1. The van der Waals surface area contributed by atoms with Gasteiger partial charge in [-0.3, -0.25) is 4.79 Å². The molecule has 27 heavy (non-hydrogen) atoms. The molecule has 1 aromatic heterocycles. The maximum Gasteiger partial charge on any atom is 0.419 e. The lowest BCUT2D eigenvalue weighted by atomic mass is 10.1. The molecule has 1 amide bonds. The van der Waals surface area contributed by atoms with Crippen molar-refractivity contribution in [3.8, 4) is 5.69 Å². The fraction of sp³-hybridized carbons (Fsp3) is 0.158. The van der Waals surface area contributed by atoms with Crippen LogP contribution in [0.2, 0.25) is 0 Å². The molecule has 3 rings (SSSR count). The number of halogens is 4. The van der Waals surface area contributed by atoms with E-state index in [0.717, 1.165) is 17.3 Å². The number of hydrogen-bond acceptors (Lipinski definition) is 2. The quantitative estimate of drug-likeness (QED) is 0.661. The van der Waals surface area contributed by atoms with Crippen molar-refractivity contribution in [3.05, 3.63) is 77.9 Å². The van der Waals surface area contributed by atoms with Crippen molar-refractivity contribution in [2.45, 2.75) is 19.0 Å². The summed E-state index contributed by atoms with van der Waals surface area (Å²) in [6.45, 7) is 0. The Labute approximate surface area is 152 Å². The Morgan fingerprint density at radius 2 is 1.85 bits per heavy atom. The Hall–Kier alpha value is -3.16. The molecule has 0 spiro atoms. The lowest BCUT2D eigenvalue weighted by Crippen LogP contribution is -2.14. The second-order valence-corrected chi connectivity index (χ2v) is 5.87. The van der Waals surface area contributed by atoms with Crippen molar-refractivity contribution in [1.29, 1.82) is 0 Å².